The molecule has 0 bridgehead atoms. The molecule has 0 saturated carbocycles. The van der Waals surface area contributed by atoms with Crippen LogP contribution in [0.25, 0.3) is 0 Å². The molecule has 7 heteroatoms. The third kappa shape index (κ3) is 2.69. The summed E-state index contributed by atoms with van der Waals surface area (Å²) in [6, 6.07) is 7.96. The van der Waals surface area contributed by atoms with Crippen LogP contribution in [0, 0.1) is 12.7 Å². The van der Waals surface area contributed by atoms with E-state index in [0.717, 1.165) is 24.3 Å². The van der Waals surface area contributed by atoms with Crippen molar-refractivity contribution in [1.82, 2.24) is 0 Å². The summed E-state index contributed by atoms with van der Waals surface area (Å²) in [5.41, 5.74) is -5.20. The molecular weight excluding hydrogens is 322 g/mol. The van der Waals surface area contributed by atoms with Gasteiger partial charge in [0.15, 0.2) is 5.60 Å². The average Bonchev–Trinajstić information content (AvgIpc) is 2.46. The van der Waals surface area contributed by atoms with E-state index < -0.39 is 34.6 Å². The highest BCUT2D eigenvalue weighted by Gasteiger charge is 2.71. The predicted octanol–water partition coefficient (Wildman–Crippen LogP) is 4.57. The average molecular weight is 334 g/mol. The van der Waals surface area contributed by atoms with Crippen LogP contribution in [-0.2, 0) is 5.60 Å². The first-order chi connectivity index (χ1) is 10.5. The molecule has 1 unspecified atom stereocenters. The summed E-state index contributed by atoms with van der Waals surface area (Å²) in [6.07, 6.45) is -6.07. The van der Waals surface area contributed by atoms with E-state index in [2.05, 4.69) is 0 Å². The highest BCUT2D eigenvalue weighted by Crippen LogP contribution is 2.52. The van der Waals surface area contributed by atoms with Crippen molar-refractivity contribution in [2.75, 3.05) is 0 Å². The Morgan fingerprint density at radius 2 is 1.35 bits per heavy atom. The summed E-state index contributed by atoms with van der Waals surface area (Å²) in [5.74, 6) is -6.96. The van der Waals surface area contributed by atoms with E-state index in [1.807, 2.05) is 0 Å². The number of alkyl halides is 5. The molecule has 23 heavy (non-hydrogen) atoms. The van der Waals surface area contributed by atoms with Gasteiger partial charge in [0.05, 0.1) is 0 Å². The molecule has 0 fully saturated rings. The summed E-state index contributed by atoms with van der Waals surface area (Å²) in [7, 11) is 0. The highest BCUT2D eigenvalue weighted by atomic mass is 19.4. The Bertz CT molecular complexity index is 692. The lowest BCUT2D eigenvalue weighted by Crippen LogP contribution is -2.56. The zero-order chi connectivity index (χ0) is 17.5. The lowest BCUT2D eigenvalue weighted by molar-refractivity contribution is -0.337. The number of benzene rings is 2. The van der Waals surface area contributed by atoms with Crippen LogP contribution in [0.5, 0.6) is 0 Å². The largest absolute Gasteiger partial charge is 0.457 e. The van der Waals surface area contributed by atoms with Crippen molar-refractivity contribution in [2.45, 2.75) is 24.6 Å². The van der Waals surface area contributed by atoms with Crippen LogP contribution in [0.2, 0.25) is 0 Å². The minimum atomic E-state index is -6.07. The molecule has 2 aromatic carbocycles. The third-order valence-corrected chi connectivity index (χ3v) is 3.54. The SMILES string of the molecule is Cc1ccc(C(O)(c2ccccc2F)C(F)(F)C(F)(F)F)cc1. The summed E-state index contributed by atoms with van der Waals surface area (Å²) < 4.78 is 80.7. The Balaban J connectivity index is 2.80. The predicted molar refractivity (Wildman–Crippen MR) is 71.6 cm³/mol. The van der Waals surface area contributed by atoms with Crippen molar-refractivity contribution in [3.8, 4) is 0 Å². The molecule has 124 valence electrons. The Labute approximate surface area is 128 Å². The molecule has 1 N–H and O–H groups in total. The fraction of sp³-hybridized carbons (Fsp3) is 0.250. The fourth-order valence-corrected chi connectivity index (χ4v) is 2.26. The van der Waals surface area contributed by atoms with E-state index in [4.69, 9.17) is 0 Å². The van der Waals surface area contributed by atoms with Crippen molar-refractivity contribution in [2.24, 2.45) is 0 Å². The van der Waals surface area contributed by atoms with Crippen LogP contribution in [-0.4, -0.2) is 17.2 Å². The van der Waals surface area contributed by atoms with Gasteiger partial charge in [-0.3, -0.25) is 0 Å². The van der Waals surface area contributed by atoms with Gasteiger partial charge >= 0.3 is 12.1 Å². The maximum atomic E-state index is 14.1. The quantitative estimate of drug-likeness (QED) is 0.816. The first kappa shape index (κ1) is 17.3. The van der Waals surface area contributed by atoms with E-state index in [0.29, 0.717) is 17.7 Å². The van der Waals surface area contributed by atoms with Crippen LogP contribution in [0.4, 0.5) is 26.3 Å². The maximum Gasteiger partial charge on any atom is 0.457 e. The summed E-state index contributed by atoms with van der Waals surface area (Å²) in [5, 5.41) is 10.4. The molecule has 0 aliphatic heterocycles. The minimum Gasteiger partial charge on any atom is -0.374 e. The van der Waals surface area contributed by atoms with Gasteiger partial charge < -0.3 is 5.11 Å². The van der Waals surface area contributed by atoms with Crippen LogP contribution in [0.3, 0.4) is 0 Å². The van der Waals surface area contributed by atoms with E-state index in [9.17, 15) is 31.4 Å². The second-order valence-electron chi connectivity index (χ2n) is 5.13. The molecule has 0 amide bonds. The van der Waals surface area contributed by atoms with Crippen molar-refractivity contribution in [1.29, 1.82) is 0 Å². The standard InChI is InChI=1S/C16H12F6O/c1-10-6-8-11(9-7-10)14(23,15(18,19)16(20,21)22)12-4-2-3-5-13(12)17/h2-9,23H,1H3. The molecule has 0 spiro atoms. The lowest BCUT2D eigenvalue weighted by Gasteiger charge is -2.37. The summed E-state index contributed by atoms with van der Waals surface area (Å²) in [6.45, 7) is 1.59. The number of aryl methyl sites for hydroxylation is 1. The number of halogens is 6. The van der Waals surface area contributed by atoms with Gasteiger partial charge in [-0.05, 0) is 18.6 Å². The van der Waals surface area contributed by atoms with E-state index in [1.165, 1.54) is 12.1 Å². The Morgan fingerprint density at radius 3 is 1.83 bits per heavy atom. The number of aliphatic hydroxyl groups is 1. The number of hydrogen-bond donors (Lipinski definition) is 1. The Morgan fingerprint density at radius 1 is 0.826 bits per heavy atom. The number of rotatable bonds is 3. The Hall–Kier alpha value is -2.02. The molecule has 2 aromatic rings. The van der Waals surface area contributed by atoms with Gasteiger partial charge in [-0.15, -0.1) is 0 Å². The lowest BCUT2D eigenvalue weighted by atomic mass is 9.80. The van der Waals surface area contributed by atoms with Crippen LogP contribution >= 0.6 is 0 Å². The molecule has 0 aliphatic rings. The molecule has 2 rings (SSSR count). The second kappa shape index (κ2) is 5.56. The second-order valence-corrected chi connectivity index (χ2v) is 5.13. The van der Waals surface area contributed by atoms with Crippen LogP contribution in [0.15, 0.2) is 48.5 Å². The van der Waals surface area contributed by atoms with Gasteiger partial charge in [0.25, 0.3) is 0 Å². The molecule has 0 heterocycles. The molecule has 0 aliphatic carbocycles. The van der Waals surface area contributed by atoms with E-state index in [-0.39, 0.29) is 0 Å². The summed E-state index contributed by atoms with van der Waals surface area (Å²) >= 11 is 0. The molecule has 1 atom stereocenters. The topological polar surface area (TPSA) is 20.2 Å². The van der Waals surface area contributed by atoms with E-state index in [1.54, 1.807) is 6.92 Å². The molecule has 0 radical (unpaired) electrons. The number of hydrogen-bond acceptors (Lipinski definition) is 1. The Kier molecular flexibility index (Phi) is 4.19. The molecule has 1 nitrogen and oxygen atoms in total. The van der Waals surface area contributed by atoms with Crippen molar-refractivity contribution in [3.63, 3.8) is 0 Å². The molecule has 0 aromatic heterocycles. The zero-order valence-electron chi connectivity index (χ0n) is 11.8. The van der Waals surface area contributed by atoms with Gasteiger partial charge in [-0.1, -0.05) is 48.0 Å². The van der Waals surface area contributed by atoms with E-state index >= 15 is 0 Å². The monoisotopic (exact) mass is 334 g/mol. The van der Waals surface area contributed by atoms with Crippen LogP contribution < -0.4 is 0 Å². The van der Waals surface area contributed by atoms with Crippen molar-refractivity contribution in [3.05, 3.63) is 71.0 Å². The zero-order valence-corrected chi connectivity index (χ0v) is 11.8. The van der Waals surface area contributed by atoms with Gasteiger partial charge in [-0.25, -0.2) is 4.39 Å². The normalized spacial score (nSPS) is 15.3. The van der Waals surface area contributed by atoms with Crippen molar-refractivity contribution < 1.29 is 31.4 Å². The third-order valence-electron chi connectivity index (χ3n) is 3.54. The maximum absolute atomic E-state index is 14.1. The molecular formula is C16H12F6O. The van der Waals surface area contributed by atoms with Gasteiger partial charge in [0, 0.05) is 5.56 Å². The van der Waals surface area contributed by atoms with Gasteiger partial charge in [0.2, 0.25) is 0 Å². The first-order valence-corrected chi connectivity index (χ1v) is 6.51. The molecule has 0 saturated heterocycles. The van der Waals surface area contributed by atoms with Gasteiger partial charge in [0.1, 0.15) is 5.82 Å². The highest BCUT2D eigenvalue weighted by molar-refractivity contribution is 5.41. The smallest absolute Gasteiger partial charge is 0.374 e. The first-order valence-electron chi connectivity index (χ1n) is 6.51. The van der Waals surface area contributed by atoms with Crippen LogP contribution in [0.1, 0.15) is 16.7 Å². The minimum absolute atomic E-state index is 0.583. The van der Waals surface area contributed by atoms with Crippen molar-refractivity contribution >= 4 is 0 Å². The fourth-order valence-electron chi connectivity index (χ4n) is 2.26. The van der Waals surface area contributed by atoms with Gasteiger partial charge in [-0.2, -0.15) is 22.0 Å². The summed E-state index contributed by atoms with van der Waals surface area (Å²) in [4.78, 5) is 0.